The van der Waals surface area contributed by atoms with E-state index >= 15 is 0 Å². The molecule has 2 aromatic rings. The number of benzene rings is 1. The second-order valence-corrected chi connectivity index (χ2v) is 10.1. The van der Waals surface area contributed by atoms with Gasteiger partial charge in [0, 0.05) is 55.0 Å². The Kier molecular flexibility index (Phi) is 8.73. The fourth-order valence-corrected chi connectivity index (χ4v) is 5.67. The van der Waals surface area contributed by atoms with Gasteiger partial charge in [0.2, 0.25) is 0 Å². The normalized spacial score (nSPS) is 19.3. The highest BCUT2D eigenvalue weighted by Crippen LogP contribution is 2.30. The van der Waals surface area contributed by atoms with E-state index in [1.807, 2.05) is 40.6 Å². The Labute approximate surface area is 206 Å². The Morgan fingerprint density at radius 1 is 1.12 bits per heavy atom. The summed E-state index contributed by atoms with van der Waals surface area (Å²) in [5, 5.41) is 5.89. The molecule has 1 aromatic carbocycles. The molecule has 0 saturated carbocycles. The minimum atomic E-state index is -0.125. The number of piperidine rings is 2. The van der Waals surface area contributed by atoms with Gasteiger partial charge >= 0.3 is 0 Å². The number of thiazole rings is 1. The predicted molar refractivity (Wildman–Crippen MR) is 136 cm³/mol. The molecule has 1 aromatic heterocycles. The maximum absolute atomic E-state index is 12.5. The van der Waals surface area contributed by atoms with Crippen molar-refractivity contribution in [1.29, 1.82) is 0 Å². The molecule has 1 unspecified atom stereocenters. The molecule has 4 rings (SSSR count). The largest absolute Gasteiger partial charge is 0.351 e. The lowest BCUT2D eigenvalue weighted by atomic mass is 9.97. The van der Waals surface area contributed by atoms with Crippen LogP contribution in [0, 0.1) is 11.8 Å². The molecule has 3 heterocycles. The molecule has 0 bridgehead atoms. The fourth-order valence-electron chi connectivity index (χ4n) is 4.70. The van der Waals surface area contributed by atoms with Crippen LogP contribution >= 0.6 is 11.3 Å². The number of carbonyl (C=O) groups excluding carboxylic acids is 2. The van der Waals surface area contributed by atoms with Gasteiger partial charge in [-0.25, -0.2) is 4.98 Å². The van der Waals surface area contributed by atoms with Gasteiger partial charge in [-0.05, 0) is 57.7 Å². The van der Waals surface area contributed by atoms with Crippen molar-refractivity contribution in [3.8, 4) is 11.8 Å². The summed E-state index contributed by atoms with van der Waals surface area (Å²) in [6.45, 7) is 6.53. The first-order valence-electron chi connectivity index (χ1n) is 12.4. The zero-order valence-electron chi connectivity index (χ0n) is 20.0. The number of carbonyl (C=O) groups is 2. The van der Waals surface area contributed by atoms with Crippen molar-refractivity contribution in [3.05, 3.63) is 52.0 Å². The Balaban J connectivity index is 1.19. The van der Waals surface area contributed by atoms with Gasteiger partial charge in [0.1, 0.15) is 5.69 Å². The Hall–Kier alpha value is -2.69. The van der Waals surface area contributed by atoms with Crippen LogP contribution in [-0.4, -0.2) is 65.4 Å². The van der Waals surface area contributed by atoms with E-state index in [2.05, 4.69) is 34.0 Å². The van der Waals surface area contributed by atoms with E-state index in [4.69, 9.17) is 0 Å². The number of nitrogens with one attached hydrogen (secondary N) is 1. The van der Waals surface area contributed by atoms with Crippen LogP contribution in [0.4, 0.5) is 0 Å². The first-order valence-corrected chi connectivity index (χ1v) is 13.3. The van der Waals surface area contributed by atoms with Crippen LogP contribution in [0.5, 0.6) is 0 Å². The first kappa shape index (κ1) is 24.4. The first-order chi connectivity index (χ1) is 16.6. The summed E-state index contributed by atoms with van der Waals surface area (Å²) < 4.78 is 0. The van der Waals surface area contributed by atoms with Crippen molar-refractivity contribution >= 4 is 23.2 Å². The van der Waals surface area contributed by atoms with Gasteiger partial charge in [0.05, 0.1) is 5.01 Å². The Morgan fingerprint density at radius 2 is 1.91 bits per heavy atom. The average Bonchev–Trinajstić information content (AvgIpc) is 3.37. The van der Waals surface area contributed by atoms with Crippen LogP contribution in [0.1, 0.15) is 72.4 Å². The molecule has 34 heavy (non-hydrogen) atoms. The summed E-state index contributed by atoms with van der Waals surface area (Å²) in [6.07, 6.45) is 6.56. The van der Waals surface area contributed by atoms with Crippen molar-refractivity contribution in [2.24, 2.45) is 0 Å². The standard InChI is InChI=1S/C27H34N4O2S/c1-21-8-5-6-16-30(21)17-7-15-28-26(33)24-20-34-27(29-24)23-13-18-31(19-14-23)25(32)12-11-22-9-3-2-4-10-22/h2-4,9-10,20-21,23H,5-8,13-19H2,1H3,(H,28,33). The van der Waals surface area contributed by atoms with Crippen LogP contribution in [0.15, 0.2) is 35.7 Å². The molecule has 1 atom stereocenters. The van der Waals surface area contributed by atoms with E-state index in [1.54, 1.807) is 11.3 Å². The molecule has 0 spiro atoms. The zero-order chi connectivity index (χ0) is 23.8. The smallest absolute Gasteiger partial charge is 0.298 e. The number of rotatable bonds is 6. The third kappa shape index (κ3) is 6.68. The van der Waals surface area contributed by atoms with Crippen LogP contribution in [0.3, 0.4) is 0 Å². The highest BCUT2D eigenvalue weighted by Gasteiger charge is 2.26. The van der Waals surface area contributed by atoms with Crippen LogP contribution < -0.4 is 5.32 Å². The molecular formula is C27H34N4O2S. The Bertz CT molecular complexity index is 1020. The number of hydrogen-bond acceptors (Lipinski definition) is 5. The lowest BCUT2D eigenvalue weighted by Crippen LogP contribution is -2.39. The average molecular weight is 479 g/mol. The van der Waals surface area contributed by atoms with Gasteiger partial charge in [0.15, 0.2) is 0 Å². The van der Waals surface area contributed by atoms with Crippen LogP contribution in [-0.2, 0) is 4.79 Å². The molecule has 0 aliphatic carbocycles. The highest BCUT2D eigenvalue weighted by molar-refractivity contribution is 7.09. The molecule has 2 fully saturated rings. The maximum Gasteiger partial charge on any atom is 0.298 e. The third-order valence-corrected chi connectivity index (χ3v) is 7.83. The van der Waals surface area contributed by atoms with Gasteiger partial charge in [-0.15, -0.1) is 11.3 Å². The molecule has 6 nitrogen and oxygen atoms in total. The number of hydrogen-bond donors (Lipinski definition) is 1. The minimum absolute atomic E-state index is 0.0852. The van der Waals surface area contributed by atoms with Crippen molar-refractivity contribution in [1.82, 2.24) is 20.1 Å². The summed E-state index contributed by atoms with van der Waals surface area (Å²) in [4.78, 5) is 33.9. The van der Waals surface area contributed by atoms with E-state index in [9.17, 15) is 9.59 Å². The van der Waals surface area contributed by atoms with Gasteiger partial charge in [-0.3, -0.25) is 9.59 Å². The SMILES string of the molecule is CC1CCCCN1CCCNC(=O)c1csc(C2CCN(C(=O)C#Cc3ccccc3)CC2)n1. The number of amides is 2. The maximum atomic E-state index is 12.5. The van der Waals surface area contributed by atoms with Crippen LogP contribution in [0.25, 0.3) is 0 Å². The lowest BCUT2D eigenvalue weighted by Gasteiger charge is -2.33. The van der Waals surface area contributed by atoms with Gasteiger partial charge in [-0.1, -0.05) is 30.5 Å². The van der Waals surface area contributed by atoms with Gasteiger partial charge in [-0.2, -0.15) is 0 Å². The van der Waals surface area contributed by atoms with E-state index < -0.39 is 0 Å². The van der Waals surface area contributed by atoms with E-state index in [0.29, 0.717) is 37.3 Å². The van der Waals surface area contributed by atoms with E-state index in [1.165, 1.54) is 25.8 Å². The molecular weight excluding hydrogens is 444 g/mol. The molecule has 2 amide bonds. The quantitative estimate of drug-likeness (QED) is 0.505. The number of aromatic nitrogens is 1. The van der Waals surface area contributed by atoms with Crippen molar-refractivity contribution < 1.29 is 9.59 Å². The second kappa shape index (κ2) is 12.1. The fraction of sp³-hybridized carbons (Fsp3) is 0.519. The second-order valence-electron chi connectivity index (χ2n) is 9.24. The molecule has 180 valence electrons. The van der Waals surface area contributed by atoms with Gasteiger partial charge < -0.3 is 15.1 Å². The van der Waals surface area contributed by atoms with Crippen molar-refractivity contribution in [2.75, 3.05) is 32.7 Å². The molecule has 7 heteroatoms. The predicted octanol–water partition coefficient (Wildman–Crippen LogP) is 3.90. The molecule has 1 N–H and O–H groups in total. The Morgan fingerprint density at radius 3 is 2.68 bits per heavy atom. The summed E-state index contributed by atoms with van der Waals surface area (Å²) in [5.41, 5.74) is 1.36. The summed E-state index contributed by atoms with van der Waals surface area (Å²) >= 11 is 1.55. The van der Waals surface area contributed by atoms with E-state index in [-0.39, 0.29) is 11.8 Å². The molecule has 2 aliphatic heterocycles. The van der Waals surface area contributed by atoms with Crippen molar-refractivity contribution in [2.45, 2.75) is 57.4 Å². The number of nitrogens with zero attached hydrogens (tertiary/aromatic N) is 3. The monoisotopic (exact) mass is 478 g/mol. The minimum Gasteiger partial charge on any atom is -0.351 e. The van der Waals surface area contributed by atoms with Crippen LogP contribution in [0.2, 0.25) is 0 Å². The van der Waals surface area contributed by atoms with Gasteiger partial charge in [0.25, 0.3) is 11.8 Å². The number of likely N-dealkylation sites (tertiary alicyclic amines) is 2. The third-order valence-electron chi connectivity index (χ3n) is 6.82. The summed E-state index contributed by atoms with van der Waals surface area (Å²) in [6, 6.07) is 10.2. The molecule has 2 saturated heterocycles. The summed E-state index contributed by atoms with van der Waals surface area (Å²) in [5.74, 6) is 5.78. The molecule has 2 aliphatic rings. The molecule has 0 radical (unpaired) electrons. The van der Waals surface area contributed by atoms with E-state index in [0.717, 1.165) is 36.4 Å². The topological polar surface area (TPSA) is 65.5 Å². The highest BCUT2D eigenvalue weighted by atomic mass is 32.1. The zero-order valence-corrected chi connectivity index (χ0v) is 20.8. The summed E-state index contributed by atoms with van der Waals surface area (Å²) in [7, 11) is 0. The van der Waals surface area contributed by atoms with Crippen molar-refractivity contribution in [3.63, 3.8) is 0 Å². The lowest BCUT2D eigenvalue weighted by molar-refractivity contribution is -0.126.